The van der Waals surface area contributed by atoms with Crippen LogP contribution in [0.3, 0.4) is 0 Å². The zero-order valence-electron chi connectivity index (χ0n) is 41.0. The first-order valence-electron chi connectivity index (χ1n) is 24.9. The van der Waals surface area contributed by atoms with Crippen molar-refractivity contribution < 1.29 is 53.4 Å². The molecule has 12 nitrogen and oxygen atoms in total. The van der Waals surface area contributed by atoms with E-state index < -0.39 is 72.0 Å². The number of carbonyl (C=O) groups is 3. The number of rotatable bonds is 14. The lowest BCUT2D eigenvalue weighted by Gasteiger charge is -2.48. The maximum absolute atomic E-state index is 14.5. The smallest absolute Gasteiger partial charge is 0.329 e. The Balaban J connectivity index is 1.71. The molecule has 3 aliphatic heterocycles. The summed E-state index contributed by atoms with van der Waals surface area (Å²) in [6, 6.07) is -0.905. The van der Waals surface area contributed by atoms with Crippen LogP contribution in [0.15, 0.2) is 35.5 Å². The second-order valence-corrected chi connectivity index (χ2v) is 20.1. The van der Waals surface area contributed by atoms with Gasteiger partial charge in [-0.15, -0.1) is 0 Å². The van der Waals surface area contributed by atoms with E-state index in [1.807, 2.05) is 27.7 Å². The van der Waals surface area contributed by atoms with E-state index in [-0.39, 0.29) is 42.7 Å². The number of allylic oxidation sites excluding steroid dienone is 5. The molecule has 0 radical (unpaired) electrons. The van der Waals surface area contributed by atoms with Crippen LogP contribution in [0.1, 0.15) is 164 Å². The Morgan fingerprint density at radius 1 is 0.859 bits per heavy atom. The van der Waals surface area contributed by atoms with Crippen LogP contribution in [-0.4, -0.2) is 120 Å². The number of hydrogen-bond donors (Lipinski definition) is 3. The number of methoxy groups -OCH3 is 3. The van der Waals surface area contributed by atoms with Gasteiger partial charge in [-0.1, -0.05) is 89.7 Å². The van der Waals surface area contributed by atoms with E-state index in [0.29, 0.717) is 64.3 Å². The number of cyclic esters (lactones) is 1. The Bertz CT molecular complexity index is 1550. The molecular weight excluding hydrogens is 815 g/mol. The number of esters is 1. The molecule has 3 N–H and O–H groups in total. The molecule has 4 rings (SSSR count). The predicted octanol–water partition coefficient (Wildman–Crippen LogP) is 8.58. The van der Waals surface area contributed by atoms with Gasteiger partial charge in [-0.05, 0) is 108 Å². The Labute approximate surface area is 385 Å². The number of fused-ring (bicyclic) bond motifs is 3. The summed E-state index contributed by atoms with van der Waals surface area (Å²) < 4.78 is 30.6. The SMILES string of the molecule is CCCCCCCC/C=C/C[C@@H]1/C=C(\C)C[C@H](C)C[C@H](OC)[C@H]2O[C@@](O)(CC(=O)N3CCCC[C@H]3C(=O)O[C@H](/C(C)=C/[C@@H]3CC[C@@H](O)[C@H](OC)C3)[C@H](C)[C@@H](O)CC1=O)[C@H](C)C[C@@H]2OC. The highest BCUT2D eigenvalue weighted by Gasteiger charge is 2.51. The summed E-state index contributed by atoms with van der Waals surface area (Å²) in [5.74, 6) is -4.34. The molecule has 14 atom stereocenters. The van der Waals surface area contributed by atoms with Crippen LogP contribution in [0, 0.1) is 29.6 Å². The number of ketones is 1. The van der Waals surface area contributed by atoms with E-state index in [1.165, 1.54) is 37.0 Å². The molecule has 2 bridgehead atoms. The fourth-order valence-electron chi connectivity index (χ4n) is 10.7. The van der Waals surface area contributed by atoms with E-state index in [1.54, 1.807) is 21.3 Å². The fraction of sp³-hybridized carbons (Fsp3) is 0.827. The van der Waals surface area contributed by atoms with Gasteiger partial charge in [0.1, 0.15) is 24.0 Å². The van der Waals surface area contributed by atoms with Gasteiger partial charge in [0.05, 0.1) is 36.9 Å². The van der Waals surface area contributed by atoms with E-state index in [9.17, 15) is 29.7 Å². The molecule has 0 unspecified atom stereocenters. The van der Waals surface area contributed by atoms with Crippen molar-refractivity contribution in [2.75, 3.05) is 27.9 Å². The molecule has 4 aliphatic rings. The third kappa shape index (κ3) is 15.6. The van der Waals surface area contributed by atoms with Crippen LogP contribution in [0.4, 0.5) is 0 Å². The molecule has 1 saturated carbocycles. The zero-order valence-corrected chi connectivity index (χ0v) is 41.0. The van der Waals surface area contributed by atoms with Gasteiger partial charge in [-0.25, -0.2) is 4.79 Å². The molecule has 0 aromatic rings. The van der Waals surface area contributed by atoms with Crippen molar-refractivity contribution in [1.29, 1.82) is 0 Å². The molecular formula is C52H87NO11. The molecule has 3 heterocycles. The minimum absolute atomic E-state index is 0.0383. The number of piperidine rings is 1. The van der Waals surface area contributed by atoms with Crippen molar-refractivity contribution in [1.82, 2.24) is 4.90 Å². The van der Waals surface area contributed by atoms with Crippen LogP contribution in [-0.2, 0) is 38.1 Å². The number of nitrogens with zero attached hydrogens (tertiary/aromatic N) is 1. The first-order chi connectivity index (χ1) is 30.5. The Hall–Kier alpha value is -2.45. The van der Waals surface area contributed by atoms with E-state index >= 15 is 0 Å². The average Bonchev–Trinajstić information content (AvgIpc) is 3.27. The molecule has 64 heavy (non-hydrogen) atoms. The van der Waals surface area contributed by atoms with E-state index in [0.717, 1.165) is 30.4 Å². The molecule has 0 aromatic heterocycles. The van der Waals surface area contributed by atoms with Crippen molar-refractivity contribution in [2.24, 2.45) is 29.6 Å². The van der Waals surface area contributed by atoms with Crippen molar-refractivity contribution >= 4 is 17.7 Å². The van der Waals surface area contributed by atoms with Gasteiger partial charge >= 0.3 is 5.97 Å². The van der Waals surface area contributed by atoms with Crippen molar-refractivity contribution in [3.05, 3.63) is 35.5 Å². The second-order valence-electron chi connectivity index (χ2n) is 20.1. The third-order valence-corrected chi connectivity index (χ3v) is 14.8. The standard InChI is InChI=1S/C52H87NO11/c1-10-11-12-13-14-15-16-17-18-21-40-27-34(2)26-35(3)28-46(61-8)50-47(62-9)30-37(5)52(59,64-50)33-48(57)53-25-20-19-22-41(53)51(58)63-49(38(6)43(55)32-44(40)56)36(4)29-39-23-24-42(54)45(31-39)60-7/h17-18,27,29,35,37-43,45-47,49-50,54-55,59H,10-16,19-26,28,30-33H2,1-9H3/b18-17+,34-27+,36-29+/t35-,37+,38+,39-,40+,41-,42+,43-,45+,46-,47-,49+,50+,52-/m0/s1. The maximum Gasteiger partial charge on any atom is 0.329 e. The van der Waals surface area contributed by atoms with E-state index in [2.05, 4.69) is 38.2 Å². The number of hydrogen-bond acceptors (Lipinski definition) is 11. The molecule has 12 heteroatoms. The molecule has 2 saturated heterocycles. The average molecular weight is 902 g/mol. The van der Waals surface area contributed by atoms with Crippen LogP contribution in [0.25, 0.3) is 0 Å². The van der Waals surface area contributed by atoms with Gasteiger partial charge in [0.15, 0.2) is 5.79 Å². The molecule has 1 amide bonds. The number of Topliss-reactive ketones (excluding diaryl/α,β-unsaturated/α-hetero) is 1. The quantitative estimate of drug-likeness (QED) is 0.0870. The summed E-state index contributed by atoms with van der Waals surface area (Å²) in [7, 11) is 4.85. The summed E-state index contributed by atoms with van der Waals surface area (Å²) in [5.41, 5.74) is 1.79. The normalized spacial score (nSPS) is 38.0. The molecule has 366 valence electrons. The largest absolute Gasteiger partial charge is 0.456 e. The van der Waals surface area contributed by atoms with Crippen LogP contribution in [0.2, 0.25) is 0 Å². The lowest BCUT2D eigenvalue weighted by Crippen LogP contribution is -2.59. The Kier molecular flexibility index (Phi) is 22.7. The summed E-state index contributed by atoms with van der Waals surface area (Å²) in [6.07, 6.45) is 17.7. The van der Waals surface area contributed by atoms with Gasteiger partial charge in [-0.2, -0.15) is 0 Å². The van der Waals surface area contributed by atoms with Crippen molar-refractivity contribution in [3.8, 4) is 0 Å². The van der Waals surface area contributed by atoms with Crippen LogP contribution >= 0.6 is 0 Å². The number of unbranched alkanes of at least 4 members (excludes halogenated alkanes) is 6. The first kappa shape index (κ1) is 54.2. The molecule has 3 fully saturated rings. The van der Waals surface area contributed by atoms with Gasteiger partial charge in [0.2, 0.25) is 5.91 Å². The molecule has 1 aliphatic carbocycles. The zero-order chi connectivity index (χ0) is 47.0. The van der Waals surface area contributed by atoms with Crippen LogP contribution < -0.4 is 0 Å². The second kappa shape index (κ2) is 26.8. The summed E-state index contributed by atoms with van der Waals surface area (Å²) in [5, 5.41) is 34.7. The number of aliphatic hydroxyl groups excluding tert-OH is 2. The topological polar surface area (TPSA) is 161 Å². The number of amides is 1. The molecule has 0 spiro atoms. The van der Waals surface area contributed by atoms with E-state index in [4.69, 9.17) is 23.7 Å². The predicted molar refractivity (Wildman–Crippen MR) is 249 cm³/mol. The lowest BCUT2D eigenvalue weighted by molar-refractivity contribution is -0.321. The third-order valence-electron chi connectivity index (χ3n) is 14.8. The number of aliphatic hydroxyl groups is 3. The first-order valence-corrected chi connectivity index (χ1v) is 24.9. The Morgan fingerprint density at radius 2 is 1.55 bits per heavy atom. The van der Waals surface area contributed by atoms with Gasteiger partial charge in [0, 0.05) is 52.0 Å². The van der Waals surface area contributed by atoms with Gasteiger partial charge < -0.3 is 43.9 Å². The van der Waals surface area contributed by atoms with Crippen LogP contribution in [0.5, 0.6) is 0 Å². The van der Waals surface area contributed by atoms with Gasteiger partial charge in [-0.3, -0.25) is 9.59 Å². The van der Waals surface area contributed by atoms with Crippen molar-refractivity contribution in [2.45, 2.75) is 218 Å². The van der Waals surface area contributed by atoms with Gasteiger partial charge in [0.25, 0.3) is 0 Å². The highest BCUT2D eigenvalue weighted by Crippen LogP contribution is 2.40. The minimum Gasteiger partial charge on any atom is -0.456 e. The maximum atomic E-state index is 14.5. The van der Waals surface area contributed by atoms with Crippen molar-refractivity contribution in [3.63, 3.8) is 0 Å². The summed E-state index contributed by atoms with van der Waals surface area (Å²) >= 11 is 0. The fourth-order valence-corrected chi connectivity index (χ4v) is 10.7. The highest BCUT2D eigenvalue weighted by atomic mass is 16.7. The highest BCUT2D eigenvalue weighted by molar-refractivity contribution is 5.85. The lowest BCUT2D eigenvalue weighted by atomic mass is 9.81. The molecule has 0 aromatic carbocycles. The Morgan fingerprint density at radius 3 is 2.25 bits per heavy atom. The number of carbonyl (C=O) groups excluding carboxylic acids is 3. The summed E-state index contributed by atoms with van der Waals surface area (Å²) in [4.78, 5) is 44.8. The summed E-state index contributed by atoms with van der Waals surface area (Å²) in [6.45, 7) is 12.3. The monoisotopic (exact) mass is 902 g/mol. The number of ether oxygens (including phenoxy) is 5. The minimum atomic E-state index is -1.83.